The van der Waals surface area contributed by atoms with Crippen molar-refractivity contribution in [2.45, 2.75) is 31.8 Å². The Morgan fingerprint density at radius 2 is 2.00 bits per heavy atom. The first-order valence-corrected chi connectivity index (χ1v) is 5.93. The summed E-state index contributed by atoms with van der Waals surface area (Å²) in [5.41, 5.74) is 0. The Bertz CT molecular complexity index is 376. The molecule has 1 aliphatic carbocycles. The smallest absolute Gasteiger partial charge is 0.165 e. The minimum absolute atomic E-state index is 0.0189. The minimum Gasteiger partial charge on any atom is -0.488 e. The van der Waals surface area contributed by atoms with Crippen LogP contribution in [0.3, 0.4) is 0 Å². The fourth-order valence-electron chi connectivity index (χ4n) is 2.24. The number of aliphatic hydroxyl groups excluding tert-OH is 1. The van der Waals surface area contributed by atoms with Crippen molar-refractivity contribution >= 4 is 0 Å². The number of halogens is 2. The van der Waals surface area contributed by atoms with Crippen molar-refractivity contribution in [2.75, 3.05) is 6.61 Å². The molecule has 1 unspecified atom stereocenters. The quantitative estimate of drug-likeness (QED) is 0.879. The summed E-state index contributed by atoms with van der Waals surface area (Å²) in [6.07, 6.45) is 3.61. The summed E-state index contributed by atoms with van der Waals surface area (Å²) in [5.74, 6) is -1.06. The lowest BCUT2D eigenvalue weighted by atomic mass is 10.0. The summed E-state index contributed by atoms with van der Waals surface area (Å²) in [5, 5.41) is 9.83. The molecule has 1 fully saturated rings. The fraction of sp³-hybridized carbons (Fsp3) is 0.538. The molecule has 0 aromatic heterocycles. The monoisotopic (exact) mass is 242 g/mol. The summed E-state index contributed by atoms with van der Waals surface area (Å²) < 4.78 is 31.2. The van der Waals surface area contributed by atoms with E-state index in [2.05, 4.69) is 0 Å². The highest BCUT2D eigenvalue weighted by Gasteiger charge is 2.23. The van der Waals surface area contributed by atoms with Gasteiger partial charge in [-0.2, -0.15) is 0 Å². The molecule has 0 amide bonds. The lowest BCUT2D eigenvalue weighted by Gasteiger charge is -2.18. The van der Waals surface area contributed by atoms with Crippen LogP contribution in [0.15, 0.2) is 18.2 Å². The number of hydrogen-bond donors (Lipinski definition) is 1. The van der Waals surface area contributed by atoms with Crippen LogP contribution in [0.1, 0.15) is 25.7 Å². The van der Waals surface area contributed by atoms with Gasteiger partial charge in [0.05, 0.1) is 6.10 Å². The number of ether oxygens (including phenoxy) is 1. The van der Waals surface area contributed by atoms with Crippen molar-refractivity contribution in [1.82, 2.24) is 0 Å². The predicted molar refractivity (Wildman–Crippen MR) is 59.8 cm³/mol. The number of rotatable bonds is 4. The van der Waals surface area contributed by atoms with E-state index in [0.717, 1.165) is 43.9 Å². The van der Waals surface area contributed by atoms with Gasteiger partial charge in [0.25, 0.3) is 0 Å². The Hall–Kier alpha value is -1.16. The van der Waals surface area contributed by atoms with Crippen molar-refractivity contribution in [3.8, 4) is 5.75 Å². The van der Waals surface area contributed by atoms with Crippen LogP contribution in [0, 0.1) is 17.6 Å². The van der Waals surface area contributed by atoms with Gasteiger partial charge in [-0.25, -0.2) is 8.78 Å². The molecule has 1 atom stereocenters. The molecular weight excluding hydrogens is 226 g/mol. The first-order valence-electron chi connectivity index (χ1n) is 5.93. The third kappa shape index (κ3) is 3.16. The summed E-state index contributed by atoms with van der Waals surface area (Å²) in [4.78, 5) is 0. The molecule has 0 saturated heterocycles. The molecule has 4 heteroatoms. The van der Waals surface area contributed by atoms with E-state index in [0.29, 0.717) is 0 Å². The molecule has 1 saturated carbocycles. The molecule has 2 nitrogen and oxygen atoms in total. The second-order valence-electron chi connectivity index (χ2n) is 4.50. The maximum atomic E-state index is 13.2. The minimum atomic E-state index is -0.606. The molecule has 1 aliphatic rings. The second kappa shape index (κ2) is 5.45. The van der Waals surface area contributed by atoms with Crippen molar-refractivity contribution in [2.24, 2.45) is 5.92 Å². The van der Waals surface area contributed by atoms with E-state index in [4.69, 9.17) is 4.74 Å². The van der Waals surface area contributed by atoms with Gasteiger partial charge in [-0.05, 0) is 30.9 Å². The Kier molecular flexibility index (Phi) is 3.94. The van der Waals surface area contributed by atoms with E-state index in [9.17, 15) is 13.9 Å². The van der Waals surface area contributed by atoms with Gasteiger partial charge in [-0.15, -0.1) is 0 Å². The molecule has 0 heterocycles. The van der Waals surface area contributed by atoms with Gasteiger partial charge >= 0.3 is 0 Å². The van der Waals surface area contributed by atoms with Gasteiger partial charge in [0.15, 0.2) is 11.6 Å². The zero-order chi connectivity index (χ0) is 12.3. The molecular formula is C13H16F2O2. The van der Waals surface area contributed by atoms with Crippen LogP contribution in [0.2, 0.25) is 0 Å². The summed E-state index contributed by atoms with van der Waals surface area (Å²) in [7, 11) is 0. The molecule has 0 bridgehead atoms. The highest BCUT2D eigenvalue weighted by atomic mass is 19.1. The van der Waals surface area contributed by atoms with Crippen LogP contribution in [-0.4, -0.2) is 17.8 Å². The van der Waals surface area contributed by atoms with Crippen LogP contribution in [0.4, 0.5) is 8.78 Å². The molecule has 0 radical (unpaired) electrons. The second-order valence-corrected chi connectivity index (χ2v) is 4.50. The van der Waals surface area contributed by atoms with Crippen LogP contribution in [0.5, 0.6) is 5.75 Å². The van der Waals surface area contributed by atoms with Crippen molar-refractivity contribution in [3.05, 3.63) is 29.8 Å². The van der Waals surface area contributed by atoms with E-state index in [1.807, 2.05) is 0 Å². The summed E-state index contributed by atoms with van der Waals surface area (Å²) in [6.45, 7) is 0.0189. The van der Waals surface area contributed by atoms with E-state index in [1.165, 1.54) is 0 Å². The standard InChI is InChI=1S/C13H16F2O2/c14-10-5-6-11(15)13(7-10)17-8-12(16)9-3-1-2-4-9/h5-7,9,12,16H,1-4,8H2. The molecule has 0 spiro atoms. The van der Waals surface area contributed by atoms with Gasteiger partial charge in [-0.3, -0.25) is 0 Å². The fourth-order valence-corrected chi connectivity index (χ4v) is 2.24. The van der Waals surface area contributed by atoms with Crippen LogP contribution in [-0.2, 0) is 0 Å². The largest absolute Gasteiger partial charge is 0.488 e. The SMILES string of the molecule is OC(COc1cc(F)ccc1F)C1CCCC1. The zero-order valence-electron chi connectivity index (χ0n) is 9.53. The lowest BCUT2D eigenvalue weighted by Crippen LogP contribution is -2.25. The highest BCUT2D eigenvalue weighted by Crippen LogP contribution is 2.28. The van der Waals surface area contributed by atoms with E-state index in [1.54, 1.807) is 0 Å². The van der Waals surface area contributed by atoms with Gasteiger partial charge in [-0.1, -0.05) is 12.8 Å². The van der Waals surface area contributed by atoms with Gasteiger partial charge < -0.3 is 9.84 Å². The average molecular weight is 242 g/mol. The van der Waals surface area contributed by atoms with Gasteiger partial charge in [0, 0.05) is 6.07 Å². The molecule has 0 aliphatic heterocycles. The Morgan fingerprint density at radius 3 is 2.71 bits per heavy atom. The zero-order valence-corrected chi connectivity index (χ0v) is 9.53. The molecule has 2 rings (SSSR count). The summed E-state index contributed by atoms with van der Waals surface area (Å²) >= 11 is 0. The third-order valence-corrected chi connectivity index (χ3v) is 3.25. The topological polar surface area (TPSA) is 29.5 Å². The van der Waals surface area contributed by atoms with Crippen molar-refractivity contribution in [1.29, 1.82) is 0 Å². The van der Waals surface area contributed by atoms with E-state index in [-0.39, 0.29) is 18.3 Å². The molecule has 1 N–H and O–H groups in total. The molecule has 17 heavy (non-hydrogen) atoms. The maximum absolute atomic E-state index is 13.2. The average Bonchev–Trinajstić information content (AvgIpc) is 2.83. The normalized spacial score (nSPS) is 18.3. The Balaban J connectivity index is 1.90. The van der Waals surface area contributed by atoms with E-state index < -0.39 is 17.7 Å². The Labute approximate surface area is 99.2 Å². The lowest BCUT2D eigenvalue weighted by molar-refractivity contribution is 0.0577. The summed E-state index contributed by atoms with van der Waals surface area (Å²) in [6, 6.07) is 3.05. The van der Waals surface area contributed by atoms with Gasteiger partial charge in [0.2, 0.25) is 0 Å². The number of hydrogen-bond acceptors (Lipinski definition) is 2. The van der Waals surface area contributed by atoms with Crippen molar-refractivity contribution < 1.29 is 18.6 Å². The molecule has 1 aromatic carbocycles. The first kappa shape index (κ1) is 12.3. The van der Waals surface area contributed by atoms with Crippen LogP contribution < -0.4 is 4.74 Å². The molecule has 1 aromatic rings. The first-order chi connectivity index (χ1) is 8.16. The van der Waals surface area contributed by atoms with E-state index >= 15 is 0 Å². The highest BCUT2D eigenvalue weighted by molar-refractivity contribution is 5.24. The third-order valence-electron chi connectivity index (χ3n) is 3.25. The Morgan fingerprint density at radius 1 is 1.29 bits per heavy atom. The van der Waals surface area contributed by atoms with Crippen LogP contribution in [0.25, 0.3) is 0 Å². The maximum Gasteiger partial charge on any atom is 0.165 e. The number of benzene rings is 1. The number of aliphatic hydroxyl groups is 1. The van der Waals surface area contributed by atoms with Crippen molar-refractivity contribution in [3.63, 3.8) is 0 Å². The van der Waals surface area contributed by atoms with Crippen LogP contribution >= 0.6 is 0 Å². The van der Waals surface area contributed by atoms with Gasteiger partial charge in [0.1, 0.15) is 12.4 Å². The molecule has 94 valence electrons. The predicted octanol–water partition coefficient (Wildman–Crippen LogP) is 2.89.